The molecule has 1 fully saturated rings. The quantitative estimate of drug-likeness (QED) is 0.852. The van der Waals surface area contributed by atoms with Gasteiger partial charge in [-0.2, -0.15) is 5.10 Å². The summed E-state index contributed by atoms with van der Waals surface area (Å²) in [6.07, 6.45) is 7.07. The van der Waals surface area contributed by atoms with Crippen molar-refractivity contribution >= 4 is 11.7 Å². The van der Waals surface area contributed by atoms with Gasteiger partial charge in [-0.25, -0.2) is 4.68 Å². The lowest BCUT2D eigenvalue weighted by molar-refractivity contribution is -0.122. The Morgan fingerprint density at radius 3 is 2.76 bits per heavy atom. The lowest BCUT2D eigenvalue weighted by Crippen LogP contribution is -2.29. The van der Waals surface area contributed by atoms with Crippen LogP contribution in [0.2, 0.25) is 0 Å². The first-order chi connectivity index (χ1) is 8.26. The first kappa shape index (κ1) is 12.1. The van der Waals surface area contributed by atoms with Gasteiger partial charge in [-0.1, -0.05) is 20.3 Å². The predicted octanol–water partition coefficient (Wildman–Crippen LogP) is 2.98. The van der Waals surface area contributed by atoms with Gasteiger partial charge in [-0.3, -0.25) is 4.79 Å². The maximum Gasteiger partial charge on any atom is 0.228 e. The van der Waals surface area contributed by atoms with E-state index in [1.807, 2.05) is 10.7 Å². The first-order valence-electron chi connectivity index (χ1n) is 6.60. The van der Waals surface area contributed by atoms with Crippen LogP contribution in [0.1, 0.15) is 52.0 Å². The van der Waals surface area contributed by atoms with Crippen LogP contribution in [-0.2, 0) is 4.79 Å². The number of aromatic nitrogens is 2. The van der Waals surface area contributed by atoms with Gasteiger partial charge in [0.2, 0.25) is 5.91 Å². The van der Waals surface area contributed by atoms with Crippen molar-refractivity contribution < 1.29 is 4.79 Å². The highest BCUT2D eigenvalue weighted by Gasteiger charge is 2.26. The Bertz CT molecular complexity index is 378. The molecule has 1 heterocycles. The monoisotopic (exact) mass is 235 g/mol. The number of carbonyl (C=O) groups excluding carboxylic acids is 1. The SMILES string of the molecule is CCC(CC)n1nccc1NC(=O)C1CCC1. The zero-order valence-electron chi connectivity index (χ0n) is 10.6. The van der Waals surface area contributed by atoms with Crippen molar-refractivity contribution in [2.24, 2.45) is 5.92 Å². The molecule has 0 spiro atoms. The molecular formula is C13H21N3O. The van der Waals surface area contributed by atoms with Gasteiger partial charge < -0.3 is 5.32 Å². The average Bonchev–Trinajstić information content (AvgIpc) is 2.66. The van der Waals surface area contributed by atoms with E-state index in [0.29, 0.717) is 6.04 Å². The molecule has 0 radical (unpaired) electrons. The molecule has 1 aliphatic carbocycles. The van der Waals surface area contributed by atoms with Gasteiger partial charge in [-0.15, -0.1) is 0 Å². The van der Waals surface area contributed by atoms with Crippen molar-refractivity contribution in [1.82, 2.24) is 9.78 Å². The highest BCUT2D eigenvalue weighted by Crippen LogP contribution is 2.28. The van der Waals surface area contributed by atoms with E-state index in [1.165, 1.54) is 6.42 Å². The molecular weight excluding hydrogens is 214 g/mol. The van der Waals surface area contributed by atoms with Crippen LogP contribution in [0.25, 0.3) is 0 Å². The van der Waals surface area contributed by atoms with Crippen LogP contribution in [0.4, 0.5) is 5.82 Å². The Labute approximate surface area is 102 Å². The third-order valence-electron chi connectivity index (χ3n) is 3.69. The number of hydrogen-bond acceptors (Lipinski definition) is 2. The Morgan fingerprint density at radius 2 is 2.24 bits per heavy atom. The first-order valence-corrected chi connectivity index (χ1v) is 6.60. The maximum absolute atomic E-state index is 11.9. The minimum Gasteiger partial charge on any atom is -0.311 e. The average molecular weight is 235 g/mol. The minimum absolute atomic E-state index is 0.156. The Kier molecular flexibility index (Phi) is 3.82. The number of hydrogen-bond donors (Lipinski definition) is 1. The fourth-order valence-electron chi connectivity index (χ4n) is 2.24. The molecule has 1 aromatic rings. The number of carbonyl (C=O) groups is 1. The summed E-state index contributed by atoms with van der Waals surface area (Å²) >= 11 is 0. The Hall–Kier alpha value is -1.32. The normalized spacial score (nSPS) is 15.9. The van der Waals surface area contributed by atoms with Crippen molar-refractivity contribution in [3.63, 3.8) is 0 Å². The van der Waals surface area contributed by atoms with Crippen LogP contribution < -0.4 is 5.32 Å². The molecule has 0 atom stereocenters. The standard InChI is InChI=1S/C13H21N3O/c1-3-11(4-2)16-12(8-9-14-16)15-13(17)10-6-5-7-10/h8-11H,3-7H2,1-2H3,(H,15,17). The van der Waals surface area contributed by atoms with E-state index in [0.717, 1.165) is 31.5 Å². The molecule has 94 valence electrons. The van der Waals surface area contributed by atoms with Crippen LogP contribution in [-0.4, -0.2) is 15.7 Å². The van der Waals surface area contributed by atoms with E-state index >= 15 is 0 Å². The van der Waals surface area contributed by atoms with E-state index in [-0.39, 0.29) is 11.8 Å². The molecule has 4 heteroatoms. The summed E-state index contributed by atoms with van der Waals surface area (Å²) in [5.74, 6) is 1.22. The van der Waals surface area contributed by atoms with Crippen LogP contribution in [0.3, 0.4) is 0 Å². The maximum atomic E-state index is 11.9. The second-order valence-electron chi connectivity index (χ2n) is 4.75. The van der Waals surface area contributed by atoms with E-state index in [4.69, 9.17) is 0 Å². The molecule has 0 unspecified atom stereocenters. The number of nitrogens with zero attached hydrogens (tertiary/aromatic N) is 2. The molecule has 1 aliphatic rings. The van der Waals surface area contributed by atoms with Crippen LogP contribution in [0.5, 0.6) is 0 Å². The second-order valence-corrected chi connectivity index (χ2v) is 4.75. The third kappa shape index (κ3) is 2.51. The van der Waals surface area contributed by atoms with Crippen molar-refractivity contribution in [2.45, 2.75) is 52.0 Å². The van der Waals surface area contributed by atoms with Gasteiger partial charge in [0.15, 0.2) is 0 Å². The molecule has 0 aliphatic heterocycles. The molecule has 1 amide bonds. The fourth-order valence-corrected chi connectivity index (χ4v) is 2.24. The number of nitrogens with one attached hydrogen (secondary N) is 1. The van der Waals surface area contributed by atoms with Crippen molar-refractivity contribution in [2.75, 3.05) is 5.32 Å². The Morgan fingerprint density at radius 1 is 1.53 bits per heavy atom. The molecule has 17 heavy (non-hydrogen) atoms. The van der Waals surface area contributed by atoms with E-state index in [1.54, 1.807) is 6.20 Å². The fraction of sp³-hybridized carbons (Fsp3) is 0.692. The highest BCUT2D eigenvalue weighted by atomic mass is 16.2. The summed E-state index contributed by atoms with van der Waals surface area (Å²) in [4.78, 5) is 11.9. The summed E-state index contributed by atoms with van der Waals surface area (Å²) in [5, 5.41) is 7.32. The van der Waals surface area contributed by atoms with Gasteiger partial charge in [0.05, 0.1) is 12.2 Å². The number of rotatable bonds is 5. The molecule has 2 rings (SSSR count). The summed E-state index contributed by atoms with van der Waals surface area (Å²) in [5.41, 5.74) is 0. The smallest absolute Gasteiger partial charge is 0.228 e. The molecule has 0 bridgehead atoms. The summed E-state index contributed by atoms with van der Waals surface area (Å²) in [6, 6.07) is 2.26. The molecule has 1 saturated carbocycles. The number of anilines is 1. The van der Waals surface area contributed by atoms with Gasteiger partial charge >= 0.3 is 0 Å². The van der Waals surface area contributed by atoms with Crippen molar-refractivity contribution in [1.29, 1.82) is 0 Å². The minimum atomic E-state index is 0.156. The van der Waals surface area contributed by atoms with Gasteiger partial charge in [0.1, 0.15) is 5.82 Å². The van der Waals surface area contributed by atoms with Crippen molar-refractivity contribution in [3.05, 3.63) is 12.3 Å². The molecule has 0 aromatic carbocycles. The lowest BCUT2D eigenvalue weighted by atomic mass is 9.85. The molecule has 1 aromatic heterocycles. The van der Waals surface area contributed by atoms with Gasteiger partial charge in [0, 0.05) is 12.0 Å². The summed E-state index contributed by atoms with van der Waals surface area (Å²) in [6.45, 7) is 4.29. The van der Waals surface area contributed by atoms with Crippen molar-refractivity contribution in [3.8, 4) is 0 Å². The summed E-state index contributed by atoms with van der Waals surface area (Å²) < 4.78 is 1.94. The molecule has 0 saturated heterocycles. The lowest BCUT2D eigenvalue weighted by Gasteiger charge is -2.25. The molecule has 1 N–H and O–H groups in total. The van der Waals surface area contributed by atoms with Crippen LogP contribution >= 0.6 is 0 Å². The number of amides is 1. The second kappa shape index (κ2) is 5.34. The zero-order chi connectivity index (χ0) is 12.3. The van der Waals surface area contributed by atoms with E-state index < -0.39 is 0 Å². The van der Waals surface area contributed by atoms with Gasteiger partial charge in [0.25, 0.3) is 0 Å². The van der Waals surface area contributed by atoms with E-state index in [9.17, 15) is 4.79 Å². The predicted molar refractivity (Wildman–Crippen MR) is 67.8 cm³/mol. The highest BCUT2D eigenvalue weighted by molar-refractivity contribution is 5.92. The largest absolute Gasteiger partial charge is 0.311 e. The van der Waals surface area contributed by atoms with Crippen LogP contribution in [0, 0.1) is 5.92 Å². The van der Waals surface area contributed by atoms with E-state index in [2.05, 4.69) is 24.3 Å². The third-order valence-corrected chi connectivity index (χ3v) is 3.69. The summed E-state index contributed by atoms with van der Waals surface area (Å²) in [7, 11) is 0. The zero-order valence-corrected chi connectivity index (χ0v) is 10.6. The molecule has 4 nitrogen and oxygen atoms in total. The van der Waals surface area contributed by atoms with Gasteiger partial charge in [-0.05, 0) is 25.7 Å². The topological polar surface area (TPSA) is 46.9 Å². The Balaban J connectivity index is 2.05. The van der Waals surface area contributed by atoms with Crippen LogP contribution in [0.15, 0.2) is 12.3 Å².